The van der Waals surface area contributed by atoms with Crippen molar-refractivity contribution in [1.82, 2.24) is 0 Å². The number of fused-ring (bicyclic) bond motifs is 1. The summed E-state index contributed by atoms with van der Waals surface area (Å²) in [5.74, 6) is -2.05. The number of carbonyl (C=O) groups excluding carboxylic acids is 1. The fourth-order valence-electron chi connectivity index (χ4n) is 2.09. The summed E-state index contributed by atoms with van der Waals surface area (Å²) < 4.78 is 27.4. The van der Waals surface area contributed by atoms with Crippen LogP contribution in [0.25, 0.3) is 10.1 Å². The molecule has 1 aromatic heterocycles. The molecule has 3 rings (SSSR count). The molecule has 1 N–H and O–H groups in total. The fourth-order valence-corrected chi connectivity index (χ4v) is 3.60. The van der Waals surface area contributed by atoms with Crippen LogP contribution in [0.1, 0.15) is 15.2 Å². The highest BCUT2D eigenvalue weighted by molar-refractivity contribution is 7.21. The summed E-state index contributed by atoms with van der Waals surface area (Å²) in [7, 11) is 0. The summed E-state index contributed by atoms with van der Waals surface area (Å²) >= 11 is 7.47. The van der Waals surface area contributed by atoms with E-state index in [4.69, 9.17) is 11.6 Å². The van der Waals surface area contributed by atoms with Crippen molar-refractivity contribution in [3.63, 3.8) is 0 Å². The Morgan fingerprint density at radius 1 is 1.18 bits per heavy atom. The second kappa shape index (κ2) is 5.66. The van der Waals surface area contributed by atoms with E-state index in [1.165, 1.54) is 17.4 Å². The van der Waals surface area contributed by atoms with Crippen LogP contribution in [0.4, 0.5) is 14.5 Å². The first-order chi connectivity index (χ1) is 10.5. The normalized spacial score (nSPS) is 10.9. The molecule has 0 aliphatic heterocycles. The molecule has 2 nitrogen and oxygen atoms in total. The first kappa shape index (κ1) is 14.9. The minimum absolute atomic E-state index is 0.0869. The van der Waals surface area contributed by atoms with E-state index < -0.39 is 17.5 Å². The highest BCUT2D eigenvalue weighted by atomic mass is 35.5. The van der Waals surface area contributed by atoms with Crippen LogP contribution in [0, 0.1) is 18.6 Å². The molecule has 0 unspecified atom stereocenters. The van der Waals surface area contributed by atoms with Crippen LogP contribution in [-0.4, -0.2) is 5.91 Å². The molecule has 1 amide bonds. The second-order valence-electron chi connectivity index (χ2n) is 4.82. The Hall–Kier alpha value is -1.98. The lowest BCUT2D eigenvalue weighted by Gasteiger charge is -2.05. The zero-order valence-corrected chi connectivity index (χ0v) is 13.0. The predicted molar refractivity (Wildman–Crippen MR) is 85.9 cm³/mol. The Bertz CT molecular complexity index is 891. The van der Waals surface area contributed by atoms with Gasteiger partial charge in [-0.05, 0) is 30.7 Å². The van der Waals surface area contributed by atoms with E-state index >= 15 is 0 Å². The maximum absolute atomic E-state index is 13.6. The Balaban J connectivity index is 1.97. The van der Waals surface area contributed by atoms with Gasteiger partial charge < -0.3 is 5.32 Å². The number of hydrogen-bond acceptors (Lipinski definition) is 2. The van der Waals surface area contributed by atoms with Crippen molar-refractivity contribution in [1.29, 1.82) is 0 Å². The smallest absolute Gasteiger partial charge is 0.267 e. The van der Waals surface area contributed by atoms with Gasteiger partial charge in [0.15, 0.2) is 0 Å². The molecule has 112 valence electrons. The number of halogens is 3. The summed E-state index contributed by atoms with van der Waals surface area (Å²) in [5.41, 5.74) is 0.970. The van der Waals surface area contributed by atoms with Crippen molar-refractivity contribution in [2.24, 2.45) is 0 Å². The van der Waals surface area contributed by atoms with Crippen LogP contribution in [0.2, 0.25) is 5.02 Å². The lowest BCUT2D eigenvalue weighted by atomic mass is 10.2. The highest BCUT2D eigenvalue weighted by Gasteiger charge is 2.18. The van der Waals surface area contributed by atoms with Crippen molar-refractivity contribution in [3.8, 4) is 0 Å². The van der Waals surface area contributed by atoms with Crippen molar-refractivity contribution in [3.05, 3.63) is 63.5 Å². The molecular formula is C16H10ClF2NOS. The first-order valence-electron chi connectivity index (χ1n) is 6.41. The van der Waals surface area contributed by atoms with E-state index in [2.05, 4.69) is 5.32 Å². The maximum Gasteiger partial charge on any atom is 0.267 e. The molecule has 0 radical (unpaired) electrons. The SMILES string of the molecule is Cc1ccc2c(Cl)c(C(=O)Nc3ccc(F)cc3F)sc2c1. The van der Waals surface area contributed by atoms with Gasteiger partial charge in [-0.3, -0.25) is 4.79 Å². The van der Waals surface area contributed by atoms with Crippen molar-refractivity contribution in [2.45, 2.75) is 6.92 Å². The topological polar surface area (TPSA) is 29.1 Å². The van der Waals surface area contributed by atoms with E-state index in [1.807, 2.05) is 25.1 Å². The number of nitrogens with one attached hydrogen (secondary N) is 1. The molecule has 3 aromatic rings. The van der Waals surface area contributed by atoms with Gasteiger partial charge in [-0.2, -0.15) is 0 Å². The number of amides is 1. The average Bonchev–Trinajstić information content (AvgIpc) is 2.78. The number of benzene rings is 2. The summed E-state index contributed by atoms with van der Waals surface area (Å²) in [6.45, 7) is 1.95. The molecule has 0 bridgehead atoms. The third-order valence-corrected chi connectivity index (χ3v) is 4.83. The largest absolute Gasteiger partial charge is 0.319 e. The lowest BCUT2D eigenvalue weighted by Crippen LogP contribution is -2.12. The molecular weight excluding hydrogens is 328 g/mol. The zero-order chi connectivity index (χ0) is 15.9. The average molecular weight is 338 g/mol. The molecule has 1 heterocycles. The van der Waals surface area contributed by atoms with Gasteiger partial charge in [-0.15, -0.1) is 11.3 Å². The Morgan fingerprint density at radius 3 is 2.68 bits per heavy atom. The number of aryl methyl sites for hydroxylation is 1. The lowest BCUT2D eigenvalue weighted by molar-refractivity contribution is 0.103. The summed E-state index contributed by atoms with van der Waals surface area (Å²) in [6.07, 6.45) is 0. The van der Waals surface area contributed by atoms with Crippen LogP contribution >= 0.6 is 22.9 Å². The quantitative estimate of drug-likeness (QED) is 0.667. The van der Waals surface area contributed by atoms with Gasteiger partial charge in [0.2, 0.25) is 0 Å². The number of rotatable bonds is 2. The summed E-state index contributed by atoms with van der Waals surface area (Å²) in [4.78, 5) is 12.6. The number of thiophene rings is 1. The highest BCUT2D eigenvalue weighted by Crippen LogP contribution is 2.36. The molecule has 0 fully saturated rings. The Labute approximate surface area is 134 Å². The van der Waals surface area contributed by atoms with Gasteiger partial charge in [-0.25, -0.2) is 8.78 Å². The molecule has 0 aliphatic carbocycles. The van der Waals surface area contributed by atoms with Crippen LogP contribution in [0.3, 0.4) is 0 Å². The van der Waals surface area contributed by atoms with Gasteiger partial charge in [0.25, 0.3) is 5.91 Å². The van der Waals surface area contributed by atoms with Crippen molar-refractivity contribution < 1.29 is 13.6 Å². The monoisotopic (exact) mass is 337 g/mol. The predicted octanol–water partition coefficient (Wildman–Crippen LogP) is 5.39. The van der Waals surface area contributed by atoms with Gasteiger partial charge in [0, 0.05) is 16.2 Å². The molecule has 0 saturated heterocycles. The van der Waals surface area contributed by atoms with Gasteiger partial charge in [0.1, 0.15) is 16.5 Å². The minimum Gasteiger partial charge on any atom is -0.319 e. The summed E-state index contributed by atoms with van der Waals surface area (Å²) in [5, 5.41) is 3.53. The van der Waals surface area contributed by atoms with Crippen LogP contribution < -0.4 is 5.32 Å². The zero-order valence-electron chi connectivity index (χ0n) is 11.4. The Morgan fingerprint density at radius 2 is 1.95 bits per heavy atom. The third-order valence-electron chi connectivity index (χ3n) is 3.17. The van der Waals surface area contributed by atoms with Crippen LogP contribution in [0.15, 0.2) is 36.4 Å². The minimum atomic E-state index is -0.832. The Kier molecular flexibility index (Phi) is 3.85. The van der Waals surface area contributed by atoms with Crippen molar-refractivity contribution in [2.75, 3.05) is 5.32 Å². The van der Waals surface area contributed by atoms with Gasteiger partial charge in [-0.1, -0.05) is 23.7 Å². The molecule has 0 atom stereocenters. The molecule has 0 saturated carbocycles. The van der Waals surface area contributed by atoms with E-state index in [0.29, 0.717) is 16.0 Å². The molecule has 0 spiro atoms. The van der Waals surface area contributed by atoms with Crippen molar-refractivity contribution >= 4 is 44.6 Å². The van der Waals surface area contributed by atoms with Crippen LogP contribution in [-0.2, 0) is 0 Å². The molecule has 0 aliphatic rings. The van der Waals surface area contributed by atoms with Gasteiger partial charge in [0.05, 0.1) is 10.7 Å². The molecule has 6 heteroatoms. The van der Waals surface area contributed by atoms with E-state index in [-0.39, 0.29) is 5.69 Å². The van der Waals surface area contributed by atoms with Gasteiger partial charge >= 0.3 is 0 Å². The van der Waals surface area contributed by atoms with E-state index in [1.54, 1.807) is 0 Å². The number of carbonyl (C=O) groups is 1. The summed E-state index contributed by atoms with van der Waals surface area (Å²) in [6, 6.07) is 8.65. The fraction of sp³-hybridized carbons (Fsp3) is 0.0625. The first-order valence-corrected chi connectivity index (χ1v) is 7.60. The van der Waals surface area contributed by atoms with Crippen LogP contribution in [0.5, 0.6) is 0 Å². The number of anilines is 1. The van der Waals surface area contributed by atoms with E-state index in [9.17, 15) is 13.6 Å². The molecule has 2 aromatic carbocycles. The standard InChI is InChI=1S/C16H10ClF2NOS/c1-8-2-4-10-13(6-8)22-15(14(10)17)16(21)20-12-5-3-9(18)7-11(12)19/h2-7H,1H3,(H,20,21). The third kappa shape index (κ3) is 2.69. The molecule has 22 heavy (non-hydrogen) atoms. The maximum atomic E-state index is 13.6. The number of hydrogen-bond donors (Lipinski definition) is 1. The second-order valence-corrected chi connectivity index (χ2v) is 6.25. The van der Waals surface area contributed by atoms with E-state index in [0.717, 1.165) is 21.7 Å².